The standard InChI is InChI=1S/C18H21N5O/c24-18(8-11-23-17-6-2-1-4-14(17)12-20-23)22-10-3-5-15(13-22)16-7-9-19-21-16/h1-2,4,6-7,9,12,15H,3,5,8,10-11,13H2,(H,19,21). The summed E-state index contributed by atoms with van der Waals surface area (Å²) >= 11 is 0. The second-order valence-corrected chi connectivity index (χ2v) is 6.37. The number of aryl methyl sites for hydroxylation is 1. The van der Waals surface area contributed by atoms with Crippen molar-refractivity contribution in [3.63, 3.8) is 0 Å². The van der Waals surface area contributed by atoms with Gasteiger partial charge in [0.25, 0.3) is 0 Å². The molecule has 1 aliphatic rings. The summed E-state index contributed by atoms with van der Waals surface area (Å²) in [6.45, 7) is 2.25. The summed E-state index contributed by atoms with van der Waals surface area (Å²) < 4.78 is 1.92. The third-order valence-corrected chi connectivity index (χ3v) is 4.82. The van der Waals surface area contributed by atoms with Gasteiger partial charge in [0.2, 0.25) is 5.91 Å². The van der Waals surface area contributed by atoms with Crippen molar-refractivity contribution in [3.8, 4) is 0 Å². The highest BCUT2D eigenvalue weighted by Crippen LogP contribution is 2.25. The third-order valence-electron chi connectivity index (χ3n) is 4.82. The highest BCUT2D eigenvalue weighted by atomic mass is 16.2. The number of hydrogen-bond donors (Lipinski definition) is 1. The van der Waals surface area contributed by atoms with Crippen LogP contribution in [0.25, 0.3) is 10.9 Å². The summed E-state index contributed by atoms with van der Waals surface area (Å²) in [7, 11) is 0. The zero-order chi connectivity index (χ0) is 16.4. The van der Waals surface area contributed by atoms with Crippen molar-refractivity contribution in [1.82, 2.24) is 24.9 Å². The minimum Gasteiger partial charge on any atom is -0.342 e. The van der Waals surface area contributed by atoms with E-state index in [0.29, 0.717) is 18.9 Å². The molecule has 1 fully saturated rings. The molecule has 0 radical (unpaired) electrons. The maximum Gasteiger partial charge on any atom is 0.224 e. The molecular formula is C18H21N5O. The van der Waals surface area contributed by atoms with Crippen LogP contribution >= 0.6 is 0 Å². The number of para-hydroxylation sites is 1. The molecule has 4 rings (SSSR count). The number of amides is 1. The molecule has 1 aliphatic heterocycles. The zero-order valence-electron chi connectivity index (χ0n) is 13.6. The van der Waals surface area contributed by atoms with E-state index >= 15 is 0 Å². The van der Waals surface area contributed by atoms with Crippen molar-refractivity contribution in [2.45, 2.75) is 31.7 Å². The lowest BCUT2D eigenvalue weighted by molar-refractivity contribution is -0.132. The fourth-order valence-corrected chi connectivity index (χ4v) is 3.52. The molecule has 1 aromatic carbocycles. The predicted octanol–water partition coefficient (Wildman–Crippen LogP) is 2.56. The fraction of sp³-hybridized carbons (Fsp3) is 0.389. The van der Waals surface area contributed by atoms with Gasteiger partial charge in [0, 0.05) is 42.7 Å². The molecule has 1 N–H and O–H groups in total. The molecule has 3 heterocycles. The van der Waals surface area contributed by atoms with E-state index in [0.717, 1.165) is 42.5 Å². The molecule has 2 aromatic heterocycles. The van der Waals surface area contributed by atoms with Gasteiger partial charge in [-0.1, -0.05) is 18.2 Å². The number of piperidine rings is 1. The number of carbonyl (C=O) groups is 1. The number of aromatic nitrogens is 4. The smallest absolute Gasteiger partial charge is 0.224 e. The van der Waals surface area contributed by atoms with Crippen molar-refractivity contribution < 1.29 is 4.79 Å². The van der Waals surface area contributed by atoms with E-state index in [-0.39, 0.29) is 5.91 Å². The Kier molecular flexibility index (Phi) is 4.02. The van der Waals surface area contributed by atoms with E-state index < -0.39 is 0 Å². The average Bonchev–Trinajstić information content (AvgIpc) is 3.30. The first-order chi connectivity index (χ1) is 11.8. The Balaban J connectivity index is 1.39. The number of hydrogen-bond acceptors (Lipinski definition) is 3. The molecule has 6 nitrogen and oxygen atoms in total. The highest BCUT2D eigenvalue weighted by molar-refractivity contribution is 5.79. The molecule has 0 saturated carbocycles. The Morgan fingerprint density at radius 1 is 1.29 bits per heavy atom. The quantitative estimate of drug-likeness (QED) is 0.802. The van der Waals surface area contributed by atoms with Crippen LogP contribution in [0.5, 0.6) is 0 Å². The van der Waals surface area contributed by atoms with E-state index in [1.165, 1.54) is 0 Å². The van der Waals surface area contributed by atoms with Crippen LogP contribution in [0.1, 0.15) is 30.9 Å². The first-order valence-corrected chi connectivity index (χ1v) is 8.49. The van der Waals surface area contributed by atoms with Crippen LogP contribution in [0, 0.1) is 0 Å². The Morgan fingerprint density at radius 3 is 3.08 bits per heavy atom. The molecule has 1 saturated heterocycles. The first-order valence-electron chi connectivity index (χ1n) is 8.49. The van der Waals surface area contributed by atoms with Gasteiger partial charge in [-0.3, -0.25) is 14.6 Å². The van der Waals surface area contributed by atoms with E-state index in [4.69, 9.17) is 0 Å². The first kappa shape index (κ1) is 14.9. The number of carbonyl (C=O) groups excluding carboxylic acids is 1. The lowest BCUT2D eigenvalue weighted by Crippen LogP contribution is -2.39. The van der Waals surface area contributed by atoms with Gasteiger partial charge < -0.3 is 4.90 Å². The van der Waals surface area contributed by atoms with Crippen LogP contribution in [0.4, 0.5) is 0 Å². The summed E-state index contributed by atoms with van der Waals surface area (Å²) in [5.74, 6) is 0.578. The predicted molar refractivity (Wildman–Crippen MR) is 91.5 cm³/mol. The topological polar surface area (TPSA) is 66.8 Å². The van der Waals surface area contributed by atoms with Crippen LogP contribution < -0.4 is 0 Å². The summed E-state index contributed by atoms with van der Waals surface area (Å²) in [4.78, 5) is 14.6. The summed E-state index contributed by atoms with van der Waals surface area (Å²) in [5, 5.41) is 12.6. The minimum absolute atomic E-state index is 0.207. The van der Waals surface area contributed by atoms with Crippen LogP contribution in [-0.4, -0.2) is 43.9 Å². The Labute approximate surface area is 140 Å². The lowest BCUT2D eigenvalue weighted by atomic mass is 9.95. The van der Waals surface area contributed by atoms with Crippen molar-refractivity contribution >= 4 is 16.8 Å². The van der Waals surface area contributed by atoms with Gasteiger partial charge in [0.1, 0.15) is 0 Å². The molecule has 6 heteroatoms. The van der Waals surface area contributed by atoms with Gasteiger partial charge >= 0.3 is 0 Å². The minimum atomic E-state index is 0.207. The Hall–Kier alpha value is -2.63. The van der Waals surface area contributed by atoms with Crippen LogP contribution in [0.3, 0.4) is 0 Å². The number of nitrogens with one attached hydrogen (secondary N) is 1. The number of benzene rings is 1. The van der Waals surface area contributed by atoms with Crippen molar-refractivity contribution in [2.24, 2.45) is 0 Å². The molecule has 0 aliphatic carbocycles. The summed E-state index contributed by atoms with van der Waals surface area (Å²) in [6, 6.07) is 10.1. The number of fused-ring (bicyclic) bond motifs is 1. The molecule has 24 heavy (non-hydrogen) atoms. The van der Waals surface area contributed by atoms with Crippen LogP contribution in [0.2, 0.25) is 0 Å². The summed E-state index contributed by atoms with van der Waals surface area (Å²) in [5.41, 5.74) is 2.21. The van der Waals surface area contributed by atoms with Gasteiger partial charge in [-0.15, -0.1) is 0 Å². The SMILES string of the molecule is O=C(CCn1ncc2ccccc21)N1CCCC(c2ccn[nH]2)C1. The van der Waals surface area contributed by atoms with Gasteiger partial charge in [0.15, 0.2) is 0 Å². The van der Waals surface area contributed by atoms with E-state index in [2.05, 4.69) is 15.3 Å². The molecule has 0 bridgehead atoms. The van der Waals surface area contributed by atoms with Crippen molar-refractivity contribution in [2.75, 3.05) is 13.1 Å². The van der Waals surface area contributed by atoms with Crippen molar-refractivity contribution in [3.05, 3.63) is 48.4 Å². The molecule has 1 unspecified atom stereocenters. The lowest BCUT2D eigenvalue weighted by Gasteiger charge is -2.32. The Morgan fingerprint density at radius 2 is 2.21 bits per heavy atom. The highest BCUT2D eigenvalue weighted by Gasteiger charge is 2.25. The van der Waals surface area contributed by atoms with Crippen LogP contribution in [-0.2, 0) is 11.3 Å². The van der Waals surface area contributed by atoms with Gasteiger partial charge in [-0.25, -0.2) is 0 Å². The molecule has 1 amide bonds. The second-order valence-electron chi connectivity index (χ2n) is 6.37. The Bertz CT molecular complexity index is 823. The number of likely N-dealkylation sites (tertiary alicyclic amines) is 1. The average molecular weight is 323 g/mol. The van der Waals surface area contributed by atoms with E-state index in [1.54, 1.807) is 6.20 Å². The maximum atomic E-state index is 12.6. The molecule has 124 valence electrons. The molecule has 1 atom stereocenters. The van der Waals surface area contributed by atoms with Gasteiger partial charge in [0.05, 0.1) is 18.3 Å². The number of H-pyrrole nitrogens is 1. The maximum absolute atomic E-state index is 12.6. The normalized spacial score (nSPS) is 18.2. The van der Waals surface area contributed by atoms with Gasteiger partial charge in [-0.05, 0) is 25.0 Å². The van der Waals surface area contributed by atoms with Crippen LogP contribution in [0.15, 0.2) is 42.7 Å². The van der Waals surface area contributed by atoms with E-state index in [9.17, 15) is 4.79 Å². The number of nitrogens with zero attached hydrogens (tertiary/aromatic N) is 4. The fourth-order valence-electron chi connectivity index (χ4n) is 3.52. The van der Waals surface area contributed by atoms with Gasteiger partial charge in [-0.2, -0.15) is 10.2 Å². The molecule has 0 spiro atoms. The molecular weight excluding hydrogens is 302 g/mol. The monoisotopic (exact) mass is 323 g/mol. The number of rotatable bonds is 4. The zero-order valence-corrected chi connectivity index (χ0v) is 13.6. The third kappa shape index (κ3) is 2.91. The second kappa shape index (κ2) is 6.47. The molecule has 3 aromatic rings. The van der Waals surface area contributed by atoms with Crippen molar-refractivity contribution in [1.29, 1.82) is 0 Å². The largest absolute Gasteiger partial charge is 0.342 e. The summed E-state index contributed by atoms with van der Waals surface area (Å²) in [6.07, 6.45) is 6.27. The number of aromatic amines is 1. The van der Waals surface area contributed by atoms with E-state index in [1.807, 2.05) is 46.1 Å².